The monoisotopic (exact) mass is 364 g/mol. The van der Waals surface area contributed by atoms with Crippen molar-refractivity contribution in [3.63, 3.8) is 0 Å². The lowest BCUT2D eigenvalue weighted by atomic mass is 10.2. The van der Waals surface area contributed by atoms with Crippen LogP contribution < -0.4 is 20.1 Å². The molecule has 138 valence electrons. The van der Waals surface area contributed by atoms with E-state index < -0.39 is 0 Å². The maximum Gasteiger partial charge on any atom is 0.258 e. The maximum absolute atomic E-state index is 12.4. The van der Waals surface area contributed by atoms with E-state index in [1.807, 2.05) is 25.1 Å². The highest BCUT2D eigenvalue weighted by molar-refractivity contribution is 6.04. The van der Waals surface area contributed by atoms with Crippen LogP contribution in [0.15, 0.2) is 54.9 Å². The van der Waals surface area contributed by atoms with Gasteiger partial charge in [-0.2, -0.15) is 0 Å². The van der Waals surface area contributed by atoms with Gasteiger partial charge in [0.1, 0.15) is 11.5 Å². The van der Waals surface area contributed by atoms with Crippen molar-refractivity contribution < 1.29 is 14.3 Å². The number of benzene rings is 2. The van der Waals surface area contributed by atoms with Gasteiger partial charge < -0.3 is 20.1 Å². The molecule has 3 aromatic rings. The molecule has 0 fully saturated rings. The number of nitrogens with zero attached hydrogens (tertiary/aromatic N) is 2. The fourth-order valence-electron chi connectivity index (χ4n) is 2.45. The van der Waals surface area contributed by atoms with Crippen LogP contribution in [-0.4, -0.2) is 30.1 Å². The molecule has 0 saturated heterocycles. The minimum absolute atomic E-state index is 0.303. The first-order valence-electron chi connectivity index (χ1n) is 8.28. The lowest BCUT2D eigenvalue weighted by molar-refractivity contribution is 0.102. The van der Waals surface area contributed by atoms with Crippen molar-refractivity contribution in [3.8, 4) is 11.5 Å². The Morgan fingerprint density at radius 1 is 1.00 bits per heavy atom. The number of hydrogen-bond donors (Lipinski definition) is 2. The molecule has 0 aliphatic heterocycles. The van der Waals surface area contributed by atoms with Crippen LogP contribution in [0.3, 0.4) is 0 Å². The Balaban J connectivity index is 1.71. The Morgan fingerprint density at radius 2 is 1.78 bits per heavy atom. The molecule has 0 bridgehead atoms. The molecule has 1 aromatic heterocycles. The van der Waals surface area contributed by atoms with E-state index in [4.69, 9.17) is 9.47 Å². The molecule has 3 rings (SSSR count). The Labute approximate surface area is 157 Å². The molecule has 0 atom stereocenters. The number of ether oxygens (including phenoxy) is 2. The summed E-state index contributed by atoms with van der Waals surface area (Å²) in [6, 6.07) is 12.9. The average molecular weight is 364 g/mol. The zero-order valence-electron chi connectivity index (χ0n) is 15.3. The summed E-state index contributed by atoms with van der Waals surface area (Å²) in [5.41, 5.74) is 2.81. The topological polar surface area (TPSA) is 85.4 Å². The first-order valence-corrected chi connectivity index (χ1v) is 8.28. The summed E-state index contributed by atoms with van der Waals surface area (Å²) in [6.07, 6.45) is 2.93. The summed E-state index contributed by atoms with van der Waals surface area (Å²) in [6.45, 7) is 1.98. The van der Waals surface area contributed by atoms with Crippen LogP contribution in [0.2, 0.25) is 0 Å². The van der Waals surface area contributed by atoms with Crippen LogP contribution in [0.5, 0.6) is 11.5 Å². The van der Waals surface area contributed by atoms with Crippen LogP contribution in [0, 0.1) is 6.92 Å². The number of carbonyl (C=O) groups excluding carboxylic acids is 1. The van der Waals surface area contributed by atoms with E-state index in [1.54, 1.807) is 38.5 Å². The largest absolute Gasteiger partial charge is 0.497 e. The molecule has 0 unspecified atom stereocenters. The minimum Gasteiger partial charge on any atom is -0.497 e. The Kier molecular flexibility index (Phi) is 5.51. The minimum atomic E-state index is -0.303. The van der Waals surface area contributed by atoms with Crippen molar-refractivity contribution in [2.45, 2.75) is 6.92 Å². The number of methoxy groups -OCH3 is 2. The summed E-state index contributed by atoms with van der Waals surface area (Å²) in [7, 11) is 3.17. The van der Waals surface area contributed by atoms with Gasteiger partial charge in [0.2, 0.25) is 5.95 Å². The molecular weight excluding hydrogens is 344 g/mol. The Hall–Kier alpha value is -3.61. The van der Waals surface area contributed by atoms with Gasteiger partial charge in [-0.05, 0) is 36.8 Å². The number of carbonyl (C=O) groups is 1. The normalized spacial score (nSPS) is 10.2. The Bertz CT molecular complexity index is 942. The number of amides is 1. The third-order valence-corrected chi connectivity index (χ3v) is 3.84. The van der Waals surface area contributed by atoms with Gasteiger partial charge in [0.25, 0.3) is 5.91 Å². The molecule has 0 radical (unpaired) electrons. The summed E-state index contributed by atoms with van der Waals surface area (Å²) in [4.78, 5) is 20.8. The number of nitrogens with one attached hydrogen (secondary N) is 2. The van der Waals surface area contributed by atoms with Gasteiger partial charge in [-0.15, -0.1) is 0 Å². The zero-order valence-corrected chi connectivity index (χ0v) is 15.3. The van der Waals surface area contributed by atoms with Crippen LogP contribution in [0.1, 0.15) is 15.9 Å². The van der Waals surface area contributed by atoms with Crippen molar-refractivity contribution in [1.82, 2.24) is 9.97 Å². The molecule has 0 aliphatic carbocycles. The van der Waals surface area contributed by atoms with Crippen molar-refractivity contribution in [3.05, 3.63) is 66.0 Å². The molecule has 27 heavy (non-hydrogen) atoms. The second kappa shape index (κ2) is 8.18. The molecule has 2 N–H and O–H groups in total. The molecule has 2 aromatic carbocycles. The van der Waals surface area contributed by atoms with Gasteiger partial charge in [-0.1, -0.05) is 12.1 Å². The third kappa shape index (κ3) is 4.52. The van der Waals surface area contributed by atoms with Gasteiger partial charge in [0, 0.05) is 24.1 Å². The van der Waals surface area contributed by atoms with Crippen molar-refractivity contribution >= 4 is 23.2 Å². The smallest absolute Gasteiger partial charge is 0.258 e. The highest BCUT2D eigenvalue weighted by atomic mass is 16.5. The van der Waals surface area contributed by atoms with E-state index in [2.05, 4.69) is 20.6 Å². The Morgan fingerprint density at radius 3 is 2.48 bits per heavy atom. The number of aromatic nitrogens is 2. The van der Waals surface area contributed by atoms with Crippen molar-refractivity contribution in [2.24, 2.45) is 0 Å². The predicted octanol–water partition coefficient (Wildman–Crippen LogP) is 3.80. The highest BCUT2D eigenvalue weighted by Gasteiger charge is 2.10. The maximum atomic E-state index is 12.4. The van der Waals surface area contributed by atoms with E-state index in [-0.39, 0.29) is 5.91 Å². The lowest BCUT2D eigenvalue weighted by Crippen LogP contribution is -2.13. The van der Waals surface area contributed by atoms with Crippen LogP contribution in [0.25, 0.3) is 0 Å². The predicted molar refractivity (Wildman–Crippen MR) is 104 cm³/mol. The highest BCUT2D eigenvalue weighted by Crippen LogP contribution is 2.27. The standard InChI is InChI=1S/C20H20N4O3/c1-13-7-8-18(27-3)17(9-13)24-20-21-11-14(12-22-20)19(25)23-15-5-4-6-16(10-15)26-2/h4-12H,1-3H3,(H,23,25)(H,21,22,24). The molecular formula is C20H20N4O3. The number of rotatable bonds is 6. The SMILES string of the molecule is COc1cccc(NC(=O)c2cnc(Nc3cc(C)ccc3OC)nc2)c1. The van der Waals surface area contributed by atoms with E-state index in [9.17, 15) is 4.79 Å². The van der Waals surface area contributed by atoms with Crippen LogP contribution >= 0.6 is 0 Å². The lowest BCUT2D eigenvalue weighted by Gasteiger charge is -2.11. The van der Waals surface area contributed by atoms with E-state index in [0.29, 0.717) is 28.7 Å². The average Bonchev–Trinajstić information content (AvgIpc) is 2.69. The fraction of sp³-hybridized carbons (Fsp3) is 0.150. The molecule has 7 nitrogen and oxygen atoms in total. The first-order chi connectivity index (χ1) is 13.1. The van der Waals surface area contributed by atoms with Crippen molar-refractivity contribution in [1.29, 1.82) is 0 Å². The van der Waals surface area contributed by atoms with Gasteiger partial charge in [0.05, 0.1) is 25.5 Å². The summed E-state index contributed by atoms with van der Waals surface area (Å²) in [5.74, 6) is 1.42. The molecule has 0 spiro atoms. The van der Waals surface area contributed by atoms with E-state index >= 15 is 0 Å². The summed E-state index contributed by atoms with van der Waals surface area (Å²) >= 11 is 0. The van der Waals surface area contributed by atoms with Crippen LogP contribution in [0.4, 0.5) is 17.3 Å². The number of aryl methyl sites for hydroxylation is 1. The molecule has 0 saturated carbocycles. The number of anilines is 3. The van der Waals surface area contributed by atoms with E-state index in [1.165, 1.54) is 12.4 Å². The molecule has 0 aliphatic rings. The third-order valence-electron chi connectivity index (χ3n) is 3.84. The zero-order chi connectivity index (χ0) is 19.2. The quantitative estimate of drug-likeness (QED) is 0.692. The van der Waals surface area contributed by atoms with E-state index in [0.717, 1.165) is 11.3 Å². The van der Waals surface area contributed by atoms with Gasteiger partial charge in [-0.25, -0.2) is 9.97 Å². The molecule has 1 heterocycles. The fourth-order valence-corrected chi connectivity index (χ4v) is 2.45. The molecule has 7 heteroatoms. The summed E-state index contributed by atoms with van der Waals surface area (Å²) < 4.78 is 10.5. The van der Waals surface area contributed by atoms with Crippen molar-refractivity contribution in [2.75, 3.05) is 24.9 Å². The number of hydrogen-bond acceptors (Lipinski definition) is 6. The first kappa shape index (κ1) is 18.2. The molecule has 1 amide bonds. The second-order valence-corrected chi connectivity index (χ2v) is 5.81. The van der Waals surface area contributed by atoms with Crippen LogP contribution in [-0.2, 0) is 0 Å². The van der Waals surface area contributed by atoms with Gasteiger partial charge in [-0.3, -0.25) is 4.79 Å². The summed E-state index contributed by atoms with van der Waals surface area (Å²) in [5, 5.41) is 5.89. The second-order valence-electron chi connectivity index (χ2n) is 5.81. The van der Waals surface area contributed by atoms with Gasteiger partial charge in [0.15, 0.2) is 0 Å². The van der Waals surface area contributed by atoms with Gasteiger partial charge >= 0.3 is 0 Å².